The van der Waals surface area contributed by atoms with E-state index in [4.69, 9.17) is 0 Å². The van der Waals surface area contributed by atoms with E-state index in [2.05, 4.69) is 5.32 Å². The quantitative estimate of drug-likeness (QED) is 0.659. The van der Waals surface area contributed by atoms with E-state index < -0.39 is 0 Å². The van der Waals surface area contributed by atoms with Gasteiger partial charge in [-0.2, -0.15) is 0 Å². The lowest BCUT2D eigenvalue weighted by atomic mass is 10.3. The lowest BCUT2D eigenvalue weighted by molar-refractivity contribution is -0.135. The second kappa shape index (κ2) is 3.98. The summed E-state index contributed by atoms with van der Waals surface area (Å²) in [5.74, 6) is -0.120. The molecule has 14 heavy (non-hydrogen) atoms. The van der Waals surface area contributed by atoms with E-state index in [1.54, 1.807) is 4.90 Å². The number of carbonyl (C=O) groups is 2. The fraction of sp³-hybridized carbons (Fsp3) is 0.800. The van der Waals surface area contributed by atoms with Gasteiger partial charge in [0.1, 0.15) is 6.42 Å². The molecule has 1 aliphatic heterocycles. The maximum atomic E-state index is 11.5. The summed E-state index contributed by atoms with van der Waals surface area (Å²) in [6, 6.07) is 0.355. The largest absolute Gasteiger partial charge is 0.353 e. The molecule has 1 aliphatic carbocycles. The van der Waals surface area contributed by atoms with Crippen LogP contribution >= 0.6 is 0 Å². The smallest absolute Gasteiger partial charge is 0.232 e. The van der Waals surface area contributed by atoms with E-state index in [9.17, 15) is 9.59 Å². The van der Waals surface area contributed by atoms with Crippen LogP contribution < -0.4 is 5.32 Å². The van der Waals surface area contributed by atoms with Crippen LogP contribution in [0, 0.1) is 0 Å². The van der Waals surface area contributed by atoms with Crippen molar-refractivity contribution < 1.29 is 9.59 Å². The number of nitrogens with zero attached hydrogens (tertiary/aromatic N) is 1. The maximum Gasteiger partial charge on any atom is 0.232 e. The maximum absolute atomic E-state index is 11.5. The van der Waals surface area contributed by atoms with Gasteiger partial charge in [-0.3, -0.25) is 9.59 Å². The number of hydrogen-bond acceptors (Lipinski definition) is 2. The van der Waals surface area contributed by atoms with Crippen molar-refractivity contribution in [2.24, 2.45) is 0 Å². The molecule has 1 saturated heterocycles. The molecule has 0 radical (unpaired) electrons. The van der Waals surface area contributed by atoms with Crippen molar-refractivity contribution in [2.45, 2.75) is 38.1 Å². The van der Waals surface area contributed by atoms with Crippen LogP contribution in [0.4, 0.5) is 0 Å². The highest BCUT2D eigenvalue weighted by Gasteiger charge is 2.26. The average molecular weight is 196 g/mol. The summed E-state index contributed by atoms with van der Waals surface area (Å²) in [4.78, 5) is 24.6. The Balaban J connectivity index is 1.71. The van der Waals surface area contributed by atoms with E-state index in [-0.39, 0.29) is 18.2 Å². The molecule has 1 N–H and O–H groups in total. The van der Waals surface area contributed by atoms with Gasteiger partial charge in [-0.1, -0.05) is 0 Å². The molecule has 0 bridgehead atoms. The molecule has 0 atom stereocenters. The molecule has 2 fully saturated rings. The minimum atomic E-state index is -0.107. The Hall–Kier alpha value is -1.06. The summed E-state index contributed by atoms with van der Waals surface area (Å²) < 4.78 is 0. The number of carbonyl (C=O) groups excluding carboxylic acids is 2. The van der Waals surface area contributed by atoms with Crippen LogP contribution in [0.3, 0.4) is 0 Å². The minimum absolute atomic E-state index is 0.0133. The average Bonchev–Trinajstić information content (AvgIpc) is 2.80. The molecule has 1 saturated carbocycles. The van der Waals surface area contributed by atoms with Crippen molar-refractivity contribution in [3.8, 4) is 0 Å². The molecule has 0 unspecified atom stereocenters. The van der Waals surface area contributed by atoms with E-state index in [0.717, 1.165) is 38.8 Å². The van der Waals surface area contributed by atoms with Crippen LogP contribution in [0.15, 0.2) is 0 Å². The molecule has 0 spiro atoms. The molecule has 4 nitrogen and oxygen atoms in total. The van der Waals surface area contributed by atoms with Crippen LogP contribution in [0.5, 0.6) is 0 Å². The number of nitrogens with one attached hydrogen (secondary N) is 1. The first-order chi connectivity index (χ1) is 6.75. The normalized spacial score (nSPS) is 21.0. The Morgan fingerprint density at radius 1 is 1.21 bits per heavy atom. The predicted molar refractivity (Wildman–Crippen MR) is 51.6 cm³/mol. The summed E-state index contributed by atoms with van der Waals surface area (Å²) in [5.41, 5.74) is 0. The van der Waals surface area contributed by atoms with Crippen molar-refractivity contribution in [2.75, 3.05) is 13.1 Å². The number of hydrogen-bond donors (Lipinski definition) is 1. The fourth-order valence-electron chi connectivity index (χ4n) is 1.72. The second-order valence-electron chi connectivity index (χ2n) is 4.11. The van der Waals surface area contributed by atoms with Crippen molar-refractivity contribution in [1.82, 2.24) is 10.2 Å². The van der Waals surface area contributed by atoms with Crippen LogP contribution in [-0.4, -0.2) is 35.8 Å². The first-order valence-electron chi connectivity index (χ1n) is 5.33. The number of amides is 2. The molecule has 2 aliphatic rings. The lowest BCUT2D eigenvalue weighted by Crippen LogP contribution is -2.34. The van der Waals surface area contributed by atoms with Gasteiger partial charge in [0.2, 0.25) is 11.8 Å². The monoisotopic (exact) mass is 196 g/mol. The van der Waals surface area contributed by atoms with Gasteiger partial charge in [-0.05, 0) is 25.7 Å². The molecule has 2 amide bonds. The van der Waals surface area contributed by atoms with E-state index in [1.165, 1.54) is 0 Å². The minimum Gasteiger partial charge on any atom is -0.353 e. The molecule has 1 heterocycles. The van der Waals surface area contributed by atoms with Gasteiger partial charge in [0.25, 0.3) is 0 Å². The third-order valence-electron chi connectivity index (χ3n) is 2.71. The van der Waals surface area contributed by atoms with Crippen molar-refractivity contribution >= 4 is 11.8 Å². The fourth-order valence-corrected chi connectivity index (χ4v) is 1.72. The third kappa shape index (κ3) is 2.47. The third-order valence-corrected chi connectivity index (χ3v) is 2.71. The Morgan fingerprint density at radius 3 is 2.43 bits per heavy atom. The van der Waals surface area contributed by atoms with Crippen LogP contribution in [-0.2, 0) is 9.59 Å². The standard InChI is InChI=1S/C10H16N2O2/c13-9(11-8-3-4-8)7-10(14)12-5-1-2-6-12/h8H,1-7H2,(H,11,13). The highest BCUT2D eigenvalue weighted by Crippen LogP contribution is 2.18. The zero-order valence-corrected chi connectivity index (χ0v) is 8.29. The van der Waals surface area contributed by atoms with Gasteiger partial charge < -0.3 is 10.2 Å². The van der Waals surface area contributed by atoms with Crippen molar-refractivity contribution in [3.05, 3.63) is 0 Å². The van der Waals surface area contributed by atoms with Crippen molar-refractivity contribution in [3.63, 3.8) is 0 Å². The Morgan fingerprint density at radius 2 is 1.86 bits per heavy atom. The predicted octanol–water partition coefficient (Wildman–Crippen LogP) is 0.277. The zero-order valence-electron chi connectivity index (χ0n) is 8.29. The SMILES string of the molecule is O=C(CC(=O)N1CCCC1)NC1CC1. The van der Waals surface area contributed by atoms with Gasteiger partial charge in [-0.25, -0.2) is 0 Å². The number of rotatable bonds is 3. The summed E-state index contributed by atoms with van der Waals surface area (Å²) >= 11 is 0. The first-order valence-corrected chi connectivity index (χ1v) is 5.33. The summed E-state index contributed by atoms with van der Waals surface area (Å²) in [6.45, 7) is 1.66. The molecule has 4 heteroatoms. The van der Waals surface area contributed by atoms with E-state index in [1.807, 2.05) is 0 Å². The zero-order chi connectivity index (χ0) is 9.97. The molecule has 2 rings (SSSR count). The molecular weight excluding hydrogens is 180 g/mol. The van der Waals surface area contributed by atoms with Crippen LogP contribution in [0.2, 0.25) is 0 Å². The molecule has 0 aromatic carbocycles. The van der Waals surface area contributed by atoms with Gasteiger partial charge in [0.05, 0.1) is 0 Å². The molecule has 78 valence electrons. The molecular formula is C10H16N2O2. The van der Waals surface area contributed by atoms with E-state index in [0.29, 0.717) is 6.04 Å². The van der Waals surface area contributed by atoms with Gasteiger partial charge >= 0.3 is 0 Å². The van der Waals surface area contributed by atoms with Gasteiger partial charge in [0.15, 0.2) is 0 Å². The van der Waals surface area contributed by atoms with E-state index >= 15 is 0 Å². The Bertz CT molecular complexity index is 243. The van der Waals surface area contributed by atoms with Crippen molar-refractivity contribution in [1.29, 1.82) is 0 Å². The molecule has 0 aromatic rings. The summed E-state index contributed by atoms with van der Waals surface area (Å²) in [5, 5.41) is 2.82. The Kier molecular flexibility index (Phi) is 2.70. The Labute approximate surface area is 83.6 Å². The first kappa shape index (κ1) is 9.49. The molecule has 0 aromatic heterocycles. The summed E-state index contributed by atoms with van der Waals surface area (Å²) in [6.07, 6.45) is 4.34. The topological polar surface area (TPSA) is 49.4 Å². The van der Waals surface area contributed by atoms with Crippen LogP contribution in [0.1, 0.15) is 32.1 Å². The lowest BCUT2D eigenvalue weighted by Gasteiger charge is -2.14. The second-order valence-corrected chi connectivity index (χ2v) is 4.11. The highest BCUT2D eigenvalue weighted by molar-refractivity contribution is 5.97. The van der Waals surface area contributed by atoms with Crippen LogP contribution in [0.25, 0.3) is 0 Å². The summed E-state index contributed by atoms with van der Waals surface area (Å²) in [7, 11) is 0. The number of likely N-dealkylation sites (tertiary alicyclic amines) is 1. The highest BCUT2D eigenvalue weighted by atomic mass is 16.2. The van der Waals surface area contributed by atoms with Gasteiger partial charge in [0, 0.05) is 19.1 Å². The van der Waals surface area contributed by atoms with Gasteiger partial charge in [-0.15, -0.1) is 0 Å².